The normalized spacial score (nSPS) is 9.94. The Hall–Kier alpha value is -2.23. The number of hydrogen-bond donors (Lipinski definition) is 0. The Bertz CT molecular complexity index is 512. The second-order valence-electron chi connectivity index (χ2n) is 3.35. The van der Waals surface area contributed by atoms with E-state index < -0.39 is 0 Å². The zero-order chi connectivity index (χ0) is 12.1. The van der Waals surface area contributed by atoms with Crippen molar-refractivity contribution < 1.29 is 9.53 Å². The Morgan fingerprint density at radius 1 is 1.29 bits per heavy atom. The summed E-state index contributed by atoms with van der Waals surface area (Å²) in [6, 6.07) is 7.12. The van der Waals surface area contributed by atoms with E-state index in [1.807, 2.05) is 13.0 Å². The van der Waals surface area contributed by atoms with Crippen LogP contribution < -0.4 is 4.74 Å². The summed E-state index contributed by atoms with van der Waals surface area (Å²) >= 11 is 0. The minimum Gasteiger partial charge on any atom is -0.493 e. The second-order valence-corrected chi connectivity index (χ2v) is 3.35. The molecule has 1 heterocycles. The van der Waals surface area contributed by atoms with Crippen molar-refractivity contribution in [1.29, 1.82) is 0 Å². The summed E-state index contributed by atoms with van der Waals surface area (Å²) in [5, 5.41) is 0. The summed E-state index contributed by atoms with van der Waals surface area (Å²) in [7, 11) is 0. The van der Waals surface area contributed by atoms with Gasteiger partial charge in [-0.15, -0.1) is 0 Å². The highest BCUT2D eigenvalue weighted by atomic mass is 16.5. The van der Waals surface area contributed by atoms with Crippen molar-refractivity contribution in [3.05, 3.63) is 54.1 Å². The van der Waals surface area contributed by atoms with Crippen molar-refractivity contribution >= 4 is 5.78 Å². The van der Waals surface area contributed by atoms with Crippen molar-refractivity contribution in [2.75, 3.05) is 6.61 Å². The van der Waals surface area contributed by atoms with Crippen LogP contribution in [-0.2, 0) is 0 Å². The van der Waals surface area contributed by atoms with Crippen LogP contribution in [0.15, 0.2) is 42.9 Å². The summed E-state index contributed by atoms with van der Waals surface area (Å²) in [6.45, 7) is 2.40. The maximum absolute atomic E-state index is 12.2. The molecule has 0 aliphatic rings. The zero-order valence-corrected chi connectivity index (χ0v) is 9.46. The van der Waals surface area contributed by atoms with E-state index in [0.717, 1.165) is 0 Å². The van der Waals surface area contributed by atoms with E-state index in [2.05, 4.69) is 9.97 Å². The van der Waals surface area contributed by atoms with Gasteiger partial charge < -0.3 is 4.74 Å². The summed E-state index contributed by atoms with van der Waals surface area (Å²) < 4.78 is 5.41. The van der Waals surface area contributed by atoms with Gasteiger partial charge in [-0.3, -0.25) is 9.78 Å². The van der Waals surface area contributed by atoms with Crippen LogP contribution in [0.4, 0.5) is 0 Å². The van der Waals surface area contributed by atoms with Gasteiger partial charge in [0.05, 0.1) is 18.4 Å². The van der Waals surface area contributed by atoms with E-state index in [0.29, 0.717) is 23.6 Å². The molecule has 0 N–H and O–H groups in total. The van der Waals surface area contributed by atoms with Crippen LogP contribution in [0.5, 0.6) is 5.75 Å². The van der Waals surface area contributed by atoms with E-state index >= 15 is 0 Å². The van der Waals surface area contributed by atoms with Gasteiger partial charge in [-0.05, 0) is 19.1 Å². The molecule has 2 aromatic rings. The molecule has 0 saturated heterocycles. The number of aromatic nitrogens is 2. The lowest BCUT2D eigenvalue weighted by Gasteiger charge is -2.08. The van der Waals surface area contributed by atoms with E-state index in [1.165, 1.54) is 18.6 Å². The minimum absolute atomic E-state index is 0.179. The number of rotatable bonds is 4. The first-order valence-corrected chi connectivity index (χ1v) is 5.35. The van der Waals surface area contributed by atoms with E-state index in [-0.39, 0.29) is 5.78 Å². The maximum atomic E-state index is 12.2. The first-order chi connectivity index (χ1) is 8.33. The molecule has 0 saturated carbocycles. The third kappa shape index (κ3) is 2.47. The van der Waals surface area contributed by atoms with Crippen LogP contribution in [0.3, 0.4) is 0 Å². The van der Waals surface area contributed by atoms with Crippen LogP contribution in [-0.4, -0.2) is 22.4 Å². The molecule has 0 bridgehead atoms. The van der Waals surface area contributed by atoms with E-state index in [9.17, 15) is 4.79 Å². The van der Waals surface area contributed by atoms with Gasteiger partial charge in [0.25, 0.3) is 0 Å². The average molecular weight is 228 g/mol. The molecule has 86 valence electrons. The van der Waals surface area contributed by atoms with Crippen molar-refractivity contribution in [2.24, 2.45) is 0 Å². The third-order valence-corrected chi connectivity index (χ3v) is 2.23. The fourth-order valence-corrected chi connectivity index (χ4v) is 1.49. The van der Waals surface area contributed by atoms with Gasteiger partial charge in [-0.2, -0.15) is 0 Å². The molecule has 0 aliphatic carbocycles. The largest absolute Gasteiger partial charge is 0.493 e. The second kappa shape index (κ2) is 5.21. The molecule has 0 radical (unpaired) electrons. The van der Waals surface area contributed by atoms with Gasteiger partial charge in [-0.1, -0.05) is 12.1 Å². The summed E-state index contributed by atoms with van der Waals surface area (Å²) in [5.74, 6) is 0.396. The van der Waals surface area contributed by atoms with Crippen molar-refractivity contribution in [3.8, 4) is 5.75 Å². The molecule has 2 rings (SSSR count). The standard InChI is InChI=1S/C13H12N2O2/c1-2-17-12-6-4-3-5-10(12)13(16)11-9-14-7-8-15-11/h3-9H,2H2,1H3. The van der Waals surface area contributed by atoms with Crippen molar-refractivity contribution in [3.63, 3.8) is 0 Å². The Kier molecular flexibility index (Phi) is 3.45. The number of ketones is 1. The lowest BCUT2D eigenvalue weighted by molar-refractivity contribution is 0.103. The predicted molar refractivity (Wildman–Crippen MR) is 63.1 cm³/mol. The molecule has 1 aromatic carbocycles. The molecule has 4 heteroatoms. The number of para-hydroxylation sites is 1. The lowest BCUT2D eigenvalue weighted by atomic mass is 10.1. The quantitative estimate of drug-likeness (QED) is 0.752. The summed E-state index contributed by atoms with van der Waals surface area (Å²) in [4.78, 5) is 20.0. The molecule has 0 amide bonds. The molecule has 0 unspecified atom stereocenters. The zero-order valence-electron chi connectivity index (χ0n) is 9.46. The SMILES string of the molecule is CCOc1ccccc1C(=O)c1cnccn1. The fourth-order valence-electron chi connectivity index (χ4n) is 1.49. The Morgan fingerprint density at radius 3 is 2.82 bits per heavy atom. The molecule has 1 aromatic heterocycles. The number of carbonyl (C=O) groups excluding carboxylic acids is 1. The maximum Gasteiger partial charge on any atom is 0.216 e. The smallest absolute Gasteiger partial charge is 0.216 e. The van der Waals surface area contributed by atoms with Gasteiger partial charge in [-0.25, -0.2) is 4.98 Å². The number of benzene rings is 1. The molecule has 0 spiro atoms. The Balaban J connectivity index is 2.37. The summed E-state index contributed by atoms with van der Waals surface area (Å²) in [5.41, 5.74) is 0.828. The molecular formula is C13H12N2O2. The molecule has 17 heavy (non-hydrogen) atoms. The van der Waals surface area contributed by atoms with Gasteiger partial charge in [0, 0.05) is 12.4 Å². The van der Waals surface area contributed by atoms with Crippen LogP contribution >= 0.6 is 0 Å². The van der Waals surface area contributed by atoms with Gasteiger partial charge in [0.15, 0.2) is 0 Å². The van der Waals surface area contributed by atoms with Crippen molar-refractivity contribution in [1.82, 2.24) is 9.97 Å². The fraction of sp³-hybridized carbons (Fsp3) is 0.154. The molecule has 0 atom stereocenters. The number of nitrogens with zero attached hydrogens (tertiary/aromatic N) is 2. The van der Waals surface area contributed by atoms with Crippen molar-refractivity contribution in [2.45, 2.75) is 6.92 Å². The lowest BCUT2D eigenvalue weighted by Crippen LogP contribution is -2.07. The molecule has 4 nitrogen and oxygen atoms in total. The van der Waals surface area contributed by atoms with Gasteiger partial charge in [0.2, 0.25) is 5.78 Å². The minimum atomic E-state index is -0.179. The highest BCUT2D eigenvalue weighted by molar-refractivity contribution is 6.09. The predicted octanol–water partition coefficient (Wildman–Crippen LogP) is 2.11. The van der Waals surface area contributed by atoms with Crippen LogP contribution in [0, 0.1) is 0 Å². The van der Waals surface area contributed by atoms with Crippen LogP contribution in [0.25, 0.3) is 0 Å². The number of carbonyl (C=O) groups is 1. The van der Waals surface area contributed by atoms with Crippen LogP contribution in [0.2, 0.25) is 0 Å². The molecular weight excluding hydrogens is 216 g/mol. The molecule has 0 aliphatic heterocycles. The summed E-state index contributed by atoms with van der Waals surface area (Å²) in [6.07, 6.45) is 4.48. The van der Waals surface area contributed by atoms with Crippen LogP contribution in [0.1, 0.15) is 23.0 Å². The number of ether oxygens (including phenoxy) is 1. The highest BCUT2D eigenvalue weighted by Crippen LogP contribution is 2.20. The van der Waals surface area contributed by atoms with Gasteiger partial charge in [0.1, 0.15) is 11.4 Å². The monoisotopic (exact) mass is 228 g/mol. The first kappa shape index (κ1) is 11.3. The topological polar surface area (TPSA) is 52.1 Å². The van der Waals surface area contributed by atoms with Gasteiger partial charge >= 0.3 is 0 Å². The van der Waals surface area contributed by atoms with E-state index in [1.54, 1.807) is 18.2 Å². The Labute approximate surface area is 99.3 Å². The number of hydrogen-bond acceptors (Lipinski definition) is 4. The first-order valence-electron chi connectivity index (χ1n) is 5.35. The average Bonchev–Trinajstić information content (AvgIpc) is 2.40. The highest BCUT2D eigenvalue weighted by Gasteiger charge is 2.15. The Morgan fingerprint density at radius 2 is 2.12 bits per heavy atom. The third-order valence-electron chi connectivity index (χ3n) is 2.23. The van der Waals surface area contributed by atoms with E-state index in [4.69, 9.17) is 4.74 Å². The molecule has 0 fully saturated rings.